The van der Waals surface area contributed by atoms with Gasteiger partial charge < -0.3 is 5.32 Å². The lowest BCUT2D eigenvalue weighted by molar-refractivity contribution is -0.125. The number of benzene rings is 1. The minimum Gasteiger partial charge on any atom is -0.321 e. The van der Waals surface area contributed by atoms with Crippen molar-refractivity contribution in [2.45, 2.75) is 11.4 Å². The number of imide groups is 1. The van der Waals surface area contributed by atoms with E-state index >= 15 is 0 Å². The second kappa shape index (κ2) is 9.33. The molecule has 4 rings (SSSR count). The molecule has 0 atom stereocenters. The minimum atomic E-state index is -3.72. The molecule has 2 aliphatic rings. The van der Waals surface area contributed by atoms with Gasteiger partial charge in [0.2, 0.25) is 15.9 Å². The molecule has 0 saturated carbocycles. The van der Waals surface area contributed by atoms with E-state index in [4.69, 9.17) is 0 Å². The number of hydrogen-bond acceptors (Lipinski definition) is 8. The molecule has 0 unspecified atom stereocenters. The molecule has 3 amide bonds. The molecule has 2 saturated heterocycles. The van der Waals surface area contributed by atoms with Crippen LogP contribution in [0.3, 0.4) is 0 Å². The lowest BCUT2D eigenvalue weighted by Crippen LogP contribution is -2.38. The van der Waals surface area contributed by atoms with Gasteiger partial charge in [-0.2, -0.15) is 16.1 Å². The Balaban J connectivity index is 1.45. The van der Waals surface area contributed by atoms with Crippen LogP contribution in [0.2, 0.25) is 0 Å². The highest BCUT2D eigenvalue weighted by atomic mass is 32.2. The van der Waals surface area contributed by atoms with Gasteiger partial charge in [-0.05, 0) is 29.1 Å². The molecule has 1 N–H and O–H groups in total. The fourth-order valence-corrected chi connectivity index (χ4v) is 7.79. The van der Waals surface area contributed by atoms with E-state index in [0.29, 0.717) is 18.8 Å². The summed E-state index contributed by atoms with van der Waals surface area (Å²) in [7, 11) is -3.72. The summed E-state index contributed by atoms with van der Waals surface area (Å²) in [6.07, 6.45) is 0. The topological polar surface area (TPSA) is 104 Å². The largest absolute Gasteiger partial charge is 0.321 e. The number of amides is 3. The average molecular weight is 498 g/mol. The third-order valence-corrected chi connectivity index (χ3v) is 9.60. The van der Waals surface area contributed by atoms with Crippen LogP contribution < -0.4 is 5.32 Å². The van der Waals surface area contributed by atoms with Gasteiger partial charge in [0, 0.05) is 30.3 Å². The number of carbonyl (C=O) groups excluding carboxylic acids is 3. The summed E-state index contributed by atoms with van der Waals surface area (Å²) in [5, 5.41) is 4.07. The molecule has 1 aromatic heterocycles. The highest BCUT2D eigenvalue weighted by molar-refractivity contribution is 8.14. The molecule has 2 aromatic rings. The van der Waals surface area contributed by atoms with Crippen molar-refractivity contribution in [3.63, 3.8) is 0 Å². The second-order valence-electron chi connectivity index (χ2n) is 6.82. The normalized spacial score (nSPS) is 17.9. The highest BCUT2D eigenvalue weighted by Crippen LogP contribution is 2.28. The smallest absolute Gasteiger partial charge is 0.289 e. The van der Waals surface area contributed by atoms with E-state index in [9.17, 15) is 22.8 Å². The third kappa shape index (κ3) is 4.82. The number of thioether (sulfide) groups is 2. The fraction of sp³-hybridized carbons (Fsp3) is 0.316. The third-order valence-electron chi connectivity index (χ3n) is 4.82. The molecule has 1 aromatic carbocycles. The molecule has 164 valence electrons. The van der Waals surface area contributed by atoms with Crippen molar-refractivity contribution in [1.82, 2.24) is 9.21 Å². The van der Waals surface area contributed by atoms with Crippen LogP contribution in [0.1, 0.15) is 15.2 Å². The van der Waals surface area contributed by atoms with Crippen LogP contribution in [0.25, 0.3) is 0 Å². The molecular formula is C19H19N3O5S4. The van der Waals surface area contributed by atoms with Gasteiger partial charge in [0.1, 0.15) is 9.77 Å². The van der Waals surface area contributed by atoms with E-state index in [1.807, 2.05) is 0 Å². The standard InChI is InChI=1S/C19H19N3O5S4/c23-16-12-30-19(25)22(16)11-13-1-3-14(4-2-13)20-18(24)17-15(5-8-29-17)31(26,27)21-6-9-28-10-7-21/h1-5,8H,6-7,9-12H2,(H,20,24). The summed E-state index contributed by atoms with van der Waals surface area (Å²) in [6, 6.07) is 8.24. The quantitative estimate of drug-likeness (QED) is 0.654. The molecule has 31 heavy (non-hydrogen) atoms. The Kier molecular flexibility index (Phi) is 6.72. The summed E-state index contributed by atoms with van der Waals surface area (Å²) >= 11 is 3.78. The summed E-state index contributed by atoms with van der Waals surface area (Å²) in [5.74, 6) is 0.935. The lowest BCUT2D eigenvalue weighted by Gasteiger charge is -2.25. The molecule has 0 spiro atoms. The van der Waals surface area contributed by atoms with Crippen LogP contribution in [0.15, 0.2) is 40.6 Å². The van der Waals surface area contributed by atoms with E-state index in [-0.39, 0.29) is 33.2 Å². The van der Waals surface area contributed by atoms with Crippen molar-refractivity contribution in [3.8, 4) is 0 Å². The number of anilines is 1. The number of nitrogens with zero attached hydrogens (tertiary/aromatic N) is 2. The first-order chi connectivity index (χ1) is 14.9. The Labute approximate surface area is 192 Å². The van der Waals surface area contributed by atoms with Gasteiger partial charge in [-0.1, -0.05) is 23.9 Å². The zero-order valence-corrected chi connectivity index (χ0v) is 19.5. The van der Waals surface area contributed by atoms with Gasteiger partial charge in [-0.25, -0.2) is 8.42 Å². The maximum Gasteiger partial charge on any atom is 0.289 e. The number of hydrogen-bond donors (Lipinski definition) is 1. The van der Waals surface area contributed by atoms with Crippen molar-refractivity contribution in [3.05, 3.63) is 46.2 Å². The van der Waals surface area contributed by atoms with Crippen LogP contribution in [0.4, 0.5) is 10.5 Å². The first-order valence-corrected chi connectivity index (χ1v) is 13.8. The number of sulfonamides is 1. The highest BCUT2D eigenvalue weighted by Gasteiger charge is 2.31. The Morgan fingerprint density at radius 3 is 2.42 bits per heavy atom. The maximum atomic E-state index is 13.0. The molecule has 0 bridgehead atoms. The van der Waals surface area contributed by atoms with Crippen molar-refractivity contribution in [1.29, 1.82) is 0 Å². The Morgan fingerprint density at radius 2 is 1.77 bits per heavy atom. The van der Waals surface area contributed by atoms with Gasteiger partial charge in [-0.15, -0.1) is 11.3 Å². The molecular weight excluding hydrogens is 478 g/mol. The fourth-order valence-electron chi connectivity index (χ4n) is 3.19. The molecule has 0 aliphatic carbocycles. The number of carbonyl (C=O) groups is 3. The van der Waals surface area contributed by atoms with Gasteiger partial charge in [0.15, 0.2) is 0 Å². The molecule has 0 radical (unpaired) electrons. The van der Waals surface area contributed by atoms with E-state index in [1.54, 1.807) is 41.4 Å². The molecule has 2 fully saturated rings. The van der Waals surface area contributed by atoms with Crippen LogP contribution in [0.5, 0.6) is 0 Å². The van der Waals surface area contributed by atoms with Crippen molar-refractivity contribution in [2.24, 2.45) is 0 Å². The first kappa shape index (κ1) is 22.3. The molecule has 8 nitrogen and oxygen atoms in total. The first-order valence-electron chi connectivity index (χ1n) is 9.39. The van der Waals surface area contributed by atoms with Crippen LogP contribution in [0, 0.1) is 0 Å². The van der Waals surface area contributed by atoms with E-state index < -0.39 is 15.9 Å². The second-order valence-corrected chi connectivity index (χ2v) is 11.8. The van der Waals surface area contributed by atoms with Crippen LogP contribution >= 0.6 is 34.9 Å². The van der Waals surface area contributed by atoms with E-state index in [0.717, 1.165) is 40.2 Å². The summed E-state index contributed by atoms with van der Waals surface area (Å²) in [6.45, 7) is 1.05. The summed E-state index contributed by atoms with van der Waals surface area (Å²) in [4.78, 5) is 37.6. The van der Waals surface area contributed by atoms with Gasteiger partial charge in [0.05, 0.1) is 12.3 Å². The van der Waals surface area contributed by atoms with Crippen molar-refractivity contribution >= 4 is 67.6 Å². The van der Waals surface area contributed by atoms with Gasteiger partial charge in [-0.3, -0.25) is 19.3 Å². The van der Waals surface area contributed by atoms with Gasteiger partial charge in [0.25, 0.3) is 11.1 Å². The zero-order valence-electron chi connectivity index (χ0n) is 16.3. The minimum absolute atomic E-state index is 0.0297. The monoisotopic (exact) mass is 497 g/mol. The molecule has 12 heteroatoms. The van der Waals surface area contributed by atoms with E-state index in [2.05, 4.69) is 5.32 Å². The Bertz CT molecular complexity index is 1090. The lowest BCUT2D eigenvalue weighted by atomic mass is 10.2. The predicted octanol–water partition coefficient (Wildman–Crippen LogP) is 2.93. The Hall–Kier alpha value is -1.86. The average Bonchev–Trinajstić information content (AvgIpc) is 3.39. The summed E-state index contributed by atoms with van der Waals surface area (Å²) in [5.41, 5.74) is 1.25. The summed E-state index contributed by atoms with van der Waals surface area (Å²) < 4.78 is 27.4. The number of thiophene rings is 1. The maximum absolute atomic E-state index is 13.0. The number of rotatable bonds is 6. The number of nitrogens with one attached hydrogen (secondary N) is 1. The predicted molar refractivity (Wildman–Crippen MR) is 123 cm³/mol. The van der Waals surface area contributed by atoms with Crippen LogP contribution in [-0.4, -0.2) is 65.0 Å². The SMILES string of the molecule is O=C(Nc1ccc(CN2C(=O)CSC2=O)cc1)c1sccc1S(=O)(=O)N1CCSCC1. The van der Waals surface area contributed by atoms with Crippen molar-refractivity contribution < 1.29 is 22.8 Å². The zero-order chi connectivity index (χ0) is 22.0. The van der Waals surface area contributed by atoms with Crippen molar-refractivity contribution in [2.75, 3.05) is 35.7 Å². The van der Waals surface area contributed by atoms with Gasteiger partial charge >= 0.3 is 0 Å². The Morgan fingerprint density at radius 1 is 1.06 bits per heavy atom. The van der Waals surface area contributed by atoms with E-state index in [1.165, 1.54) is 15.3 Å². The van der Waals surface area contributed by atoms with Crippen LogP contribution in [-0.2, 0) is 21.4 Å². The molecule has 2 aliphatic heterocycles. The molecule has 3 heterocycles.